The molecule has 0 spiro atoms. The number of aliphatic hydroxyl groups is 4. The Morgan fingerprint density at radius 1 is 1.41 bits per heavy atom. The smallest absolute Gasteiger partial charge is 0.378 e. The van der Waals surface area contributed by atoms with Crippen LogP contribution in [-0.2, 0) is 9.53 Å². The van der Waals surface area contributed by atoms with Gasteiger partial charge in [0, 0.05) is 12.1 Å². The van der Waals surface area contributed by atoms with Crippen LogP contribution in [0, 0.1) is 10.1 Å². The van der Waals surface area contributed by atoms with Crippen LogP contribution in [0.2, 0.25) is 0 Å². The first kappa shape index (κ1) is 15.3. The molecule has 0 unspecified atom stereocenters. The van der Waals surface area contributed by atoms with Crippen molar-refractivity contribution in [3.8, 4) is 0 Å². The van der Waals surface area contributed by atoms with E-state index in [0.29, 0.717) is 0 Å². The molecule has 4 N–H and O–H groups in total. The molecule has 2 rings (SSSR count). The maximum atomic E-state index is 11.0. The molecule has 1 aliphatic rings. The van der Waals surface area contributed by atoms with Crippen molar-refractivity contribution < 1.29 is 34.9 Å². The van der Waals surface area contributed by atoms with Crippen LogP contribution in [0.25, 0.3) is 6.08 Å². The van der Waals surface area contributed by atoms with Gasteiger partial charge in [-0.2, -0.15) is 0 Å². The van der Waals surface area contributed by atoms with Crippen molar-refractivity contribution in [1.82, 2.24) is 0 Å². The molecule has 0 amide bonds. The summed E-state index contributed by atoms with van der Waals surface area (Å²) in [4.78, 5) is 21.0. The highest BCUT2D eigenvalue weighted by molar-refractivity contribution is 5.89. The molecule has 1 heterocycles. The predicted molar refractivity (Wildman–Crippen MR) is 71.9 cm³/mol. The van der Waals surface area contributed by atoms with E-state index in [-0.39, 0.29) is 11.3 Å². The van der Waals surface area contributed by atoms with Crippen LogP contribution < -0.4 is 0 Å². The van der Waals surface area contributed by atoms with Crippen LogP contribution in [-0.4, -0.2) is 43.5 Å². The first-order valence-corrected chi connectivity index (χ1v) is 5.97. The average Bonchev–Trinajstić information content (AvgIpc) is 2.74. The van der Waals surface area contributed by atoms with Gasteiger partial charge in [-0.05, 0) is 11.6 Å². The number of esters is 1. The zero-order valence-electron chi connectivity index (χ0n) is 10.9. The number of cyclic esters (lactones) is 1. The van der Waals surface area contributed by atoms with Crippen molar-refractivity contribution in [3.05, 3.63) is 57.2 Å². The van der Waals surface area contributed by atoms with Crippen LogP contribution in [0.1, 0.15) is 5.56 Å². The van der Waals surface area contributed by atoms with E-state index in [9.17, 15) is 30.2 Å². The standard InChI is InChI=1S/C13H11NO8/c15-8(5-6-2-1-3-7(4-6)14(20)21)9(16)12-10(17)11(18)13(19)22-12/h1-5,9,12,15-18H/b8-5-/t9-,12+/m0/s1. The number of hydrogen-bond donors (Lipinski definition) is 4. The van der Waals surface area contributed by atoms with Crippen LogP contribution in [0.15, 0.2) is 41.5 Å². The van der Waals surface area contributed by atoms with Gasteiger partial charge in [0.25, 0.3) is 5.69 Å². The quantitative estimate of drug-likeness (QED) is 0.279. The molecule has 0 saturated carbocycles. The second-order valence-electron chi connectivity index (χ2n) is 4.43. The summed E-state index contributed by atoms with van der Waals surface area (Å²) in [6.07, 6.45) is -2.48. The van der Waals surface area contributed by atoms with E-state index in [4.69, 9.17) is 5.11 Å². The van der Waals surface area contributed by atoms with Gasteiger partial charge in [0.05, 0.1) is 4.92 Å². The number of aliphatic hydroxyl groups excluding tert-OH is 4. The van der Waals surface area contributed by atoms with Gasteiger partial charge < -0.3 is 25.2 Å². The lowest BCUT2D eigenvalue weighted by Gasteiger charge is -2.16. The fraction of sp³-hybridized carbons (Fsp3) is 0.154. The van der Waals surface area contributed by atoms with Gasteiger partial charge in [0.2, 0.25) is 5.76 Å². The molecule has 0 radical (unpaired) electrons. The Hall–Kier alpha value is -3.07. The second-order valence-corrected chi connectivity index (χ2v) is 4.43. The molecular weight excluding hydrogens is 298 g/mol. The van der Waals surface area contributed by atoms with Crippen LogP contribution in [0.5, 0.6) is 0 Å². The van der Waals surface area contributed by atoms with E-state index in [1.807, 2.05) is 0 Å². The molecule has 1 aliphatic heterocycles. The molecule has 9 nitrogen and oxygen atoms in total. The number of hydrogen-bond acceptors (Lipinski definition) is 8. The van der Waals surface area contributed by atoms with Crippen molar-refractivity contribution in [3.63, 3.8) is 0 Å². The van der Waals surface area contributed by atoms with Gasteiger partial charge in [0.15, 0.2) is 18.0 Å². The topological polar surface area (TPSA) is 150 Å². The molecular formula is C13H11NO8. The molecule has 0 fully saturated rings. The summed E-state index contributed by atoms with van der Waals surface area (Å²) in [6, 6.07) is 5.21. The van der Waals surface area contributed by atoms with Gasteiger partial charge in [-0.25, -0.2) is 4.79 Å². The first-order chi connectivity index (χ1) is 10.3. The third kappa shape index (κ3) is 2.83. The van der Waals surface area contributed by atoms with Gasteiger partial charge in [-0.3, -0.25) is 10.1 Å². The van der Waals surface area contributed by atoms with Crippen LogP contribution >= 0.6 is 0 Å². The number of ether oxygens (including phenoxy) is 1. The van der Waals surface area contributed by atoms with E-state index in [0.717, 1.165) is 12.1 Å². The summed E-state index contributed by atoms with van der Waals surface area (Å²) < 4.78 is 4.50. The highest BCUT2D eigenvalue weighted by atomic mass is 16.6. The Labute approximate surface area is 123 Å². The number of rotatable bonds is 4. The highest BCUT2D eigenvalue weighted by Crippen LogP contribution is 2.25. The zero-order valence-corrected chi connectivity index (χ0v) is 10.9. The molecule has 9 heteroatoms. The summed E-state index contributed by atoms with van der Waals surface area (Å²) >= 11 is 0. The first-order valence-electron chi connectivity index (χ1n) is 5.97. The van der Waals surface area contributed by atoms with Gasteiger partial charge in [-0.1, -0.05) is 12.1 Å². The number of non-ortho nitro benzene ring substituents is 1. The van der Waals surface area contributed by atoms with Crippen molar-refractivity contribution in [1.29, 1.82) is 0 Å². The molecule has 0 aliphatic carbocycles. The number of nitro groups is 1. The van der Waals surface area contributed by atoms with Gasteiger partial charge >= 0.3 is 5.97 Å². The zero-order chi connectivity index (χ0) is 16.4. The number of nitro benzene ring substituents is 1. The molecule has 1 aromatic rings. The molecule has 22 heavy (non-hydrogen) atoms. The Morgan fingerprint density at radius 3 is 2.64 bits per heavy atom. The predicted octanol–water partition coefficient (Wildman–Crippen LogP) is 1.11. The van der Waals surface area contributed by atoms with E-state index >= 15 is 0 Å². The van der Waals surface area contributed by atoms with E-state index in [2.05, 4.69) is 4.74 Å². The number of benzene rings is 1. The summed E-state index contributed by atoms with van der Waals surface area (Å²) in [7, 11) is 0. The lowest BCUT2D eigenvalue weighted by Crippen LogP contribution is -2.30. The van der Waals surface area contributed by atoms with Crippen molar-refractivity contribution >= 4 is 17.7 Å². The molecule has 2 atom stereocenters. The Morgan fingerprint density at radius 2 is 2.09 bits per heavy atom. The minimum atomic E-state index is -1.84. The molecule has 0 saturated heterocycles. The fourth-order valence-corrected chi connectivity index (χ4v) is 1.82. The van der Waals surface area contributed by atoms with Gasteiger partial charge in [-0.15, -0.1) is 0 Å². The summed E-state index contributed by atoms with van der Waals surface area (Å²) in [5.74, 6) is -3.90. The largest absolute Gasteiger partial charge is 0.509 e. The molecule has 1 aromatic carbocycles. The van der Waals surface area contributed by atoms with E-state index in [1.165, 1.54) is 18.2 Å². The fourth-order valence-electron chi connectivity index (χ4n) is 1.82. The Kier molecular flexibility index (Phi) is 4.00. The van der Waals surface area contributed by atoms with Crippen molar-refractivity contribution in [2.45, 2.75) is 12.2 Å². The lowest BCUT2D eigenvalue weighted by molar-refractivity contribution is -0.384. The Bertz CT molecular complexity index is 693. The minimum absolute atomic E-state index is 0.211. The van der Waals surface area contributed by atoms with E-state index < -0.39 is 40.4 Å². The van der Waals surface area contributed by atoms with Crippen molar-refractivity contribution in [2.24, 2.45) is 0 Å². The van der Waals surface area contributed by atoms with Crippen LogP contribution in [0.3, 0.4) is 0 Å². The molecule has 0 aromatic heterocycles. The summed E-state index contributed by atoms with van der Waals surface area (Å²) in [5, 5.41) is 48.8. The monoisotopic (exact) mass is 309 g/mol. The van der Waals surface area contributed by atoms with E-state index in [1.54, 1.807) is 0 Å². The third-order valence-electron chi connectivity index (χ3n) is 2.92. The number of carbonyl (C=O) groups is 1. The third-order valence-corrected chi connectivity index (χ3v) is 2.92. The Balaban J connectivity index is 2.24. The maximum absolute atomic E-state index is 11.0. The average molecular weight is 309 g/mol. The van der Waals surface area contributed by atoms with Crippen molar-refractivity contribution in [2.75, 3.05) is 0 Å². The normalized spacial score (nSPS) is 20.0. The molecule has 0 bridgehead atoms. The van der Waals surface area contributed by atoms with Crippen LogP contribution in [0.4, 0.5) is 5.69 Å². The highest BCUT2D eigenvalue weighted by Gasteiger charge is 2.40. The number of nitrogens with zero attached hydrogens (tertiary/aromatic N) is 1. The lowest BCUT2D eigenvalue weighted by atomic mass is 10.1. The maximum Gasteiger partial charge on any atom is 0.378 e. The van der Waals surface area contributed by atoms with Gasteiger partial charge in [0.1, 0.15) is 5.76 Å². The number of carbonyl (C=O) groups excluding carboxylic acids is 1. The SMILES string of the molecule is O=C1O[C@H]([C@@H](O)/C(O)=C/c2cccc([N+](=O)[O-])c2)C(O)=C1O. The summed E-state index contributed by atoms with van der Waals surface area (Å²) in [5.41, 5.74) is -0.00788. The summed E-state index contributed by atoms with van der Waals surface area (Å²) in [6.45, 7) is 0. The minimum Gasteiger partial charge on any atom is -0.509 e. The second kappa shape index (κ2) is 5.74. The molecule has 116 valence electrons.